The number of hydrogen-bond donors (Lipinski definition) is 0. The summed E-state index contributed by atoms with van der Waals surface area (Å²) in [5.41, 5.74) is 2.79. The lowest BCUT2D eigenvalue weighted by Gasteiger charge is -2.35. The minimum Gasteiger partial charge on any atom is -0.369 e. The fourth-order valence-corrected chi connectivity index (χ4v) is 3.49. The molecule has 0 saturated carbocycles. The molecule has 0 aliphatic carbocycles. The first-order valence-corrected chi connectivity index (χ1v) is 8.49. The van der Waals surface area contributed by atoms with Gasteiger partial charge < -0.3 is 4.90 Å². The van der Waals surface area contributed by atoms with Crippen LogP contribution in [0.25, 0.3) is 0 Å². The minimum absolute atomic E-state index is 0.528. The van der Waals surface area contributed by atoms with Gasteiger partial charge in [-0.05, 0) is 25.1 Å². The van der Waals surface area contributed by atoms with E-state index < -0.39 is 0 Å². The van der Waals surface area contributed by atoms with E-state index in [0.29, 0.717) is 10.6 Å². The van der Waals surface area contributed by atoms with Crippen LogP contribution in [0, 0.1) is 18.3 Å². The molecule has 1 saturated heterocycles. The van der Waals surface area contributed by atoms with E-state index in [1.54, 1.807) is 17.4 Å². The molecule has 0 N–H and O–H groups in total. The van der Waals surface area contributed by atoms with Gasteiger partial charge in [0.1, 0.15) is 6.07 Å². The molecule has 1 fully saturated rings. The number of hydrogen-bond acceptors (Lipinski definition) is 5. The molecule has 6 heteroatoms. The first-order chi connectivity index (χ1) is 10.7. The lowest BCUT2D eigenvalue weighted by Crippen LogP contribution is -2.46. The summed E-state index contributed by atoms with van der Waals surface area (Å²) in [7, 11) is 0. The van der Waals surface area contributed by atoms with E-state index in [4.69, 9.17) is 16.9 Å². The molecule has 114 valence electrons. The van der Waals surface area contributed by atoms with E-state index >= 15 is 0 Å². The number of rotatable bonds is 3. The van der Waals surface area contributed by atoms with Crippen molar-refractivity contribution < 1.29 is 0 Å². The van der Waals surface area contributed by atoms with Crippen LogP contribution in [0.15, 0.2) is 23.6 Å². The predicted octanol–water partition coefficient (Wildman–Crippen LogP) is 3.30. The number of aryl methyl sites for hydroxylation is 1. The molecule has 0 atom stereocenters. The zero-order valence-corrected chi connectivity index (χ0v) is 14.0. The molecule has 4 nitrogen and oxygen atoms in total. The van der Waals surface area contributed by atoms with Gasteiger partial charge in [-0.25, -0.2) is 4.98 Å². The molecule has 2 aromatic rings. The Morgan fingerprint density at radius 1 is 1.32 bits per heavy atom. The SMILES string of the molecule is Cc1nc(CN2CCN(c3ccc(C#N)c(Cl)c3)CC2)cs1. The van der Waals surface area contributed by atoms with Gasteiger partial charge in [-0.1, -0.05) is 11.6 Å². The van der Waals surface area contributed by atoms with Gasteiger partial charge in [0.05, 0.1) is 21.3 Å². The summed E-state index contributed by atoms with van der Waals surface area (Å²) < 4.78 is 0. The van der Waals surface area contributed by atoms with E-state index in [1.165, 1.54) is 0 Å². The van der Waals surface area contributed by atoms with Crippen molar-refractivity contribution in [1.29, 1.82) is 5.26 Å². The Hall–Kier alpha value is -1.61. The van der Waals surface area contributed by atoms with Crippen molar-refractivity contribution in [3.05, 3.63) is 44.9 Å². The highest BCUT2D eigenvalue weighted by molar-refractivity contribution is 7.09. The number of aromatic nitrogens is 1. The van der Waals surface area contributed by atoms with Crippen LogP contribution < -0.4 is 4.90 Å². The molecule has 1 aliphatic rings. The second-order valence-electron chi connectivity index (χ2n) is 5.40. The molecule has 3 rings (SSSR count). The van der Waals surface area contributed by atoms with Crippen LogP contribution in [0.3, 0.4) is 0 Å². The Kier molecular flexibility index (Phi) is 4.63. The molecule has 0 bridgehead atoms. The van der Waals surface area contributed by atoms with Crippen molar-refractivity contribution in [2.45, 2.75) is 13.5 Å². The highest BCUT2D eigenvalue weighted by Gasteiger charge is 2.18. The van der Waals surface area contributed by atoms with Crippen LogP contribution in [0.2, 0.25) is 5.02 Å². The third kappa shape index (κ3) is 3.41. The normalized spacial score (nSPS) is 15.8. The number of nitriles is 1. The van der Waals surface area contributed by atoms with Crippen molar-refractivity contribution in [2.75, 3.05) is 31.1 Å². The maximum atomic E-state index is 8.94. The van der Waals surface area contributed by atoms with Crippen LogP contribution in [0.5, 0.6) is 0 Å². The number of nitrogens with zero attached hydrogens (tertiary/aromatic N) is 4. The van der Waals surface area contributed by atoms with Crippen LogP contribution in [-0.4, -0.2) is 36.1 Å². The maximum absolute atomic E-state index is 8.94. The lowest BCUT2D eigenvalue weighted by atomic mass is 10.2. The summed E-state index contributed by atoms with van der Waals surface area (Å²) in [6, 6.07) is 7.76. The highest BCUT2D eigenvalue weighted by atomic mass is 35.5. The largest absolute Gasteiger partial charge is 0.369 e. The maximum Gasteiger partial charge on any atom is 0.101 e. The van der Waals surface area contributed by atoms with Gasteiger partial charge in [0.2, 0.25) is 0 Å². The molecule has 2 heterocycles. The Morgan fingerprint density at radius 2 is 2.09 bits per heavy atom. The molecule has 1 aromatic heterocycles. The van der Waals surface area contributed by atoms with Gasteiger partial charge in [0.25, 0.3) is 0 Å². The van der Waals surface area contributed by atoms with E-state index in [1.807, 2.05) is 19.1 Å². The van der Waals surface area contributed by atoms with Gasteiger partial charge >= 0.3 is 0 Å². The van der Waals surface area contributed by atoms with Gasteiger partial charge in [-0.15, -0.1) is 11.3 Å². The molecule has 22 heavy (non-hydrogen) atoms. The number of halogens is 1. The highest BCUT2D eigenvalue weighted by Crippen LogP contribution is 2.24. The minimum atomic E-state index is 0.528. The van der Waals surface area contributed by atoms with Gasteiger partial charge in [0.15, 0.2) is 0 Å². The van der Waals surface area contributed by atoms with Crippen LogP contribution in [0.1, 0.15) is 16.3 Å². The first kappa shape index (κ1) is 15.3. The Labute approximate surface area is 139 Å². The zero-order chi connectivity index (χ0) is 15.5. The number of piperazine rings is 1. The van der Waals surface area contributed by atoms with Crippen LogP contribution >= 0.6 is 22.9 Å². The van der Waals surface area contributed by atoms with Crippen LogP contribution in [-0.2, 0) is 6.54 Å². The summed E-state index contributed by atoms with van der Waals surface area (Å²) in [5.74, 6) is 0. The van der Waals surface area contributed by atoms with Crippen molar-refractivity contribution >= 4 is 28.6 Å². The monoisotopic (exact) mass is 332 g/mol. The predicted molar refractivity (Wildman–Crippen MR) is 90.5 cm³/mol. The average Bonchev–Trinajstić information content (AvgIpc) is 2.93. The summed E-state index contributed by atoms with van der Waals surface area (Å²) in [6.07, 6.45) is 0. The van der Waals surface area contributed by atoms with E-state index in [-0.39, 0.29) is 0 Å². The number of anilines is 1. The Morgan fingerprint density at radius 3 is 2.68 bits per heavy atom. The van der Waals surface area contributed by atoms with Crippen LogP contribution in [0.4, 0.5) is 5.69 Å². The van der Waals surface area contributed by atoms with Crippen molar-refractivity contribution in [2.24, 2.45) is 0 Å². The lowest BCUT2D eigenvalue weighted by molar-refractivity contribution is 0.247. The topological polar surface area (TPSA) is 43.2 Å². The van der Waals surface area contributed by atoms with Gasteiger partial charge in [0, 0.05) is 43.8 Å². The molecule has 0 amide bonds. The average molecular weight is 333 g/mol. The molecule has 1 aromatic carbocycles. The third-order valence-corrected chi connectivity index (χ3v) is 5.00. The van der Waals surface area contributed by atoms with Crippen molar-refractivity contribution in [3.63, 3.8) is 0 Å². The summed E-state index contributed by atoms with van der Waals surface area (Å²) in [5, 5.41) is 12.7. The number of benzene rings is 1. The summed E-state index contributed by atoms with van der Waals surface area (Å²) >= 11 is 7.83. The summed E-state index contributed by atoms with van der Waals surface area (Å²) in [4.78, 5) is 9.27. The molecule has 0 spiro atoms. The standard InChI is InChI=1S/C16H17ClN4S/c1-12-19-14(11-22-12)10-20-4-6-21(7-5-20)15-3-2-13(9-18)16(17)8-15/h2-3,8,11H,4-7,10H2,1H3. The quantitative estimate of drug-likeness (QED) is 0.865. The first-order valence-electron chi connectivity index (χ1n) is 7.23. The van der Waals surface area contributed by atoms with E-state index in [2.05, 4.69) is 26.2 Å². The number of thiazole rings is 1. The molecule has 1 aliphatic heterocycles. The van der Waals surface area contributed by atoms with Gasteiger partial charge in [-0.2, -0.15) is 5.26 Å². The van der Waals surface area contributed by atoms with Crippen molar-refractivity contribution in [1.82, 2.24) is 9.88 Å². The fourth-order valence-electron chi connectivity index (χ4n) is 2.67. The molecule has 0 radical (unpaired) electrons. The second kappa shape index (κ2) is 6.66. The van der Waals surface area contributed by atoms with E-state index in [0.717, 1.165) is 49.1 Å². The van der Waals surface area contributed by atoms with Gasteiger partial charge in [-0.3, -0.25) is 4.90 Å². The molecular weight excluding hydrogens is 316 g/mol. The summed E-state index contributed by atoms with van der Waals surface area (Å²) in [6.45, 7) is 6.91. The molecule has 0 unspecified atom stereocenters. The second-order valence-corrected chi connectivity index (χ2v) is 6.87. The smallest absolute Gasteiger partial charge is 0.101 e. The third-order valence-electron chi connectivity index (χ3n) is 3.86. The zero-order valence-electron chi connectivity index (χ0n) is 12.4. The van der Waals surface area contributed by atoms with Crippen molar-refractivity contribution in [3.8, 4) is 6.07 Å². The van der Waals surface area contributed by atoms with E-state index in [9.17, 15) is 0 Å². The molecular formula is C16H17ClN4S. The Balaban J connectivity index is 1.59. The fraction of sp³-hybridized carbons (Fsp3) is 0.375. The Bertz CT molecular complexity index is 698.